The minimum atomic E-state index is -0.264. The number of aromatic hydroxyl groups is 1. The second-order valence-corrected chi connectivity index (χ2v) is 7.82. The highest BCUT2D eigenvalue weighted by atomic mass is 35.5. The van der Waals surface area contributed by atoms with Crippen molar-refractivity contribution in [3.63, 3.8) is 0 Å². The highest BCUT2D eigenvalue weighted by molar-refractivity contribution is 6.31. The SMILES string of the molecule is CCOc1ccc(C2=CC(c3cccc(OCC)c3O)NC(c3ccccc3Cl)N2)cc1. The van der Waals surface area contributed by atoms with Crippen LogP contribution in [0.1, 0.15) is 42.7 Å². The van der Waals surface area contributed by atoms with Gasteiger partial charge in [0, 0.05) is 21.8 Å². The number of ether oxygens (including phenoxy) is 2. The molecular weight excluding hydrogens is 424 g/mol. The summed E-state index contributed by atoms with van der Waals surface area (Å²) in [5, 5.41) is 18.6. The molecule has 2 atom stereocenters. The lowest BCUT2D eigenvalue weighted by molar-refractivity contribution is 0.314. The number of phenols is 1. The van der Waals surface area contributed by atoms with Gasteiger partial charge in [-0.25, -0.2) is 0 Å². The summed E-state index contributed by atoms with van der Waals surface area (Å²) < 4.78 is 11.2. The van der Waals surface area contributed by atoms with Gasteiger partial charge in [-0.1, -0.05) is 41.9 Å². The quantitative estimate of drug-likeness (QED) is 0.423. The lowest BCUT2D eigenvalue weighted by Gasteiger charge is -2.34. The van der Waals surface area contributed by atoms with Crippen molar-refractivity contribution < 1.29 is 14.6 Å². The zero-order valence-electron chi connectivity index (χ0n) is 18.1. The Morgan fingerprint density at radius 2 is 1.59 bits per heavy atom. The maximum Gasteiger partial charge on any atom is 0.162 e. The second-order valence-electron chi connectivity index (χ2n) is 7.41. The van der Waals surface area contributed by atoms with Crippen LogP contribution in [0, 0.1) is 0 Å². The molecule has 1 aliphatic rings. The Hall–Kier alpha value is -3.15. The molecule has 3 aromatic rings. The maximum absolute atomic E-state index is 10.9. The number of nitrogens with one attached hydrogen (secondary N) is 2. The molecule has 0 radical (unpaired) electrons. The molecule has 0 aliphatic carbocycles. The fraction of sp³-hybridized carbons (Fsp3) is 0.231. The number of para-hydroxylation sites is 1. The van der Waals surface area contributed by atoms with E-state index < -0.39 is 0 Å². The molecule has 0 bridgehead atoms. The molecule has 3 N–H and O–H groups in total. The molecule has 0 spiro atoms. The van der Waals surface area contributed by atoms with Crippen LogP contribution >= 0.6 is 11.6 Å². The molecule has 0 amide bonds. The smallest absolute Gasteiger partial charge is 0.162 e. The molecule has 2 unspecified atom stereocenters. The van der Waals surface area contributed by atoms with Gasteiger partial charge in [0.25, 0.3) is 0 Å². The van der Waals surface area contributed by atoms with Crippen molar-refractivity contribution in [2.75, 3.05) is 13.2 Å². The molecule has 3 aromatic carbocycles. The number of hydrogen-bond donors (Lipinski definition) is 3. The van der Waals surface area contributed by atoms with Gasteiger partial charge < -0.3 is 19.9 Å². The molecule has 0 saturated heterocycles. The molecule has 5 nitrogen and oxygen atoms in total. The largest absolute Gasteiger partial charge is 0.504 e. The van der Waals surface area contributed by atoms with Crippen LogP contribution in [0.15, 0.2) is 72.8 Å². The van der Waals surface area contributed by atoms with Gasteiger partial charge >= 0.3 is 0 Å². The van der Waals surface area contributed by atoms with Gasteiger partial charge in [0.1, 0.15) is 11.9 Å². The lowest BCUT2D eigenvalue weighted by atomic mass is 9.97. The van der Waals surface area contributed by atoms with E-state index in [1.807, 2.05) is 74.5 Å². The van der Waals surface area contributed by atoms with Crippen LogP contribution in [0.3, 0.4) is 0 Å². The summed E-state index contributed by atoms with van der Waals surface area (Å²) >= 11 is 6.51. The van der Waals surface area contributed by atoms with Gasteiger partial charge in [0.2, 0.25) is 0 Å². The van der Waals surface area contributed by atoms with Gasteiger partial charge in [-0.2, -0.15) is 0 Å². The van der Waals surface area contributed by atoms with Crippen LogP contribution in [-0.4, -0.2) is 18.3 Å². The van der Waals surface area contributed by atoms with E-state index in [4.69, 9.17) is 21.1 Å². The Morgan fingerprint density at radius 1 is 0.875 bits per heavy atom. The number of hydrogen-bond acceptors (Lipinski definition) is 5. The molecule has 32 heavy (non-hydrogen) atoms. The van der Waals surface area contributed by atoms with Crippen LogP contribution < -0.4 is 20.1 Å². The number of halogens is 1. The molecular formula is C26H27ClN2O3. The summed E-state index contributed by atoms with van der Waals surface area (Å²) in [5.74, 6) is 1.43. The van der Waals surface area contributed by atoms with E-state index in [0.717, 1.165) is 28.1 Å². The minimum absolute atomic E-state index is 0.133. The van der Waals surface area contributed by atoms with E-state index in [1.54, 1.807) is 6.07 Å². The number of benzene rings is 3. The molecule has 1 aliphatic heterocycles. The van der Waals surface area contributed by atoms with Crippen molar-refractivity contribution in [2.24, 2.45) is 0 Å². The third kappa shape index (κ3) is 4.69. The van der Waals surface area contributed by atoms with Gasteiger partial charge in [0.05, 0.1) is 19.3 Å². The molecule has 0 saturated carbocycles. The fourth-order valence-electron chi connectivity index (χ4n) is 3.84. The first kappa shape index (κ1) is 22.1. The molecule has 4 rings (SSSR count). The fourth-order valence-corrected chi connectivity index (χ4v) is 4.08. The summed E-state index contributed by atoms with van der Waals surface area (Å²) in [7, 11) is 0. The Morgan fingerprint density at radius 3 is 2.31 bits per heavy atom. The number of rotatable bonds is 7. The lowest BCUT2D eigenvalue weighted by Crippen LogP contribution is -2.39. The van der Waals surface area contributed by atoms with Crippen LogP contribution in [-0.2, 0) is 0 Å². The first-order chi connectivity index (χ1) is 15.6. The third-order valence-corrected chi connectivity index (χ3v) is 5.68. The Kier molecular flexibility index (Phi) is 6.88. The maximum atomic E-state index is 10.9. The highest BCUT2D eigenvalue weighted by Crippen LogP contribution is 2.38. The predicted molar refractivity (Wildman–Crippen MR) is 128 cm³/mol. The van der Waals surface area contributed by atoms with E-state index >= 15 is 0 Å². The summed E-state index contributed by atoms with van der Waals surface area (Å²) in [6.45, 7) is 4.96. The van der Waals surface area contributed by atoms with E-state index in [0.29, 0.717) is 24.0 Å². The van der Waals surface area contributed by atoms with Crippen LogP contribution in [0.2, 0.25) is 5.02 Å². The summed E-state index contributed by atoms with van der Waals surface area (Å²) in [6.07, 6.45) is 1.81. The van der Waals surface area contributed by atoms with E-state index in [2.05, 4.69) is 16.7 Å². The average Bonchev–Trinajstić information content (AvgIpc) is 2.81. The topological polar surface area (TPSA) is 62.8 Å². The monoisotopic (exact) mass is 450 g/mol. The Balaban J connectivity index is 1.75. The van der Waals surface area contributed by atoms with Gasteiger partial charge in [-0.15, -0.1) is 0 Å². The van der Waals surface area contributed by atoms with Gasteiger partial charge in [0.15, 0.2) is 11.5 Å². The molecule has 6 heteroatoms. The molecule has 166 valence electrons. The Bertz CT molecular complexity index is 1100. The van der Waals surface area contributed by atoms with Gasteiger partial charge in [-0.3, -0.25) is 5.32 Å². The summed E-state index contributed by atoms with van der Waals surface area (Å²) in [5.41, 5.74) is 3.61. The summed E-state index contributed by atoms with van der Waals surface area (Å²) in [6, 6.07) is 21.0. The van der Waals surface area contributed by atoms with Crippen molar-refractivity contribution in [3.05, 3.63) is 94.5 Å². The normalized spacial score (nSPS) is 17.9. The number of phenolic OH excluding ortho intramolecular Hbond substituents is 1. The predicted octanol–water partition coefficient (Wildman–Crippen LogP) is 5.82. The molecule has 0 fully saturated rings. The van der Waals surface area contributed by atoms with E-state index in [9.17, 15) is 5.11 Å². The van der Waals surface area contributed by atoms with E-state index in [-0.39, 0.29) is 18.0 Å². The molecule has 0 aromatic heterocycles. The first-order valence-electron chi connectivity index (χ1n) is 10.8. The van der Waals surface area contributed by atoms with Crippen LogP contribution in [0.4, 0.5) is 0 Å². The van der Waals surface area contributed by atoms with Crippen molar-refractivity contribution in [3.8, 4) is 17.2 Å². The van der Waals surface area contributed by atoms with Crippen molar-refractivity contribution in [2.45, 2.75) is 26.1 Å². The second kappa shape index (κ2) is 9.98. The zero-order valence-corrected chi connectivity index (χ0v) is 18.9. The first-order valence-corrected chi connectivity index (χ1v) is 11.1. The van der Waals surface area contributed by atoms with Crippen molar-refractivity contribution in [1.29, 1.82) is 0 Å². The van der Waals surface area contributed by atoms with Crippen molar-refractivity contribution >= 4 is 17.3 Å². The average molecular weight is 451 g/mol. The standard InChI is InChI=1S/C26H27ClN2O3/c1-3-31-18-14-12-17(13-15-18)22-16-23(20-9-7-11-24(25(20)30)32-4-2)29-26(28-22)19-8-5-6-10-21(19)27/h5-16,23,26,28-30H,3-4H2,1-2H3. The molecule has 1 heterocycles. The minimum Gasteiger partial charge on any atom is -0.504 e. The highest BCUT2D eigenvalue weighted by Gasteiger charge is 2.27. The van der Waals surface area contributed by atoms with E-state index in [1.165, 1.54) is 0 Å². The third-order valence-electron chi connectivity index (χ3n) is 5.34. The van der Waals surface area contributed by atoms with Gasteiger partial charge in [-0.05, 0) is 61.9 Å². The summed E-state index contributed by atoms with van der Waals surface area (Å²) in [4.78, 5) is 0. The zero-order chi connectivity index (χ0) is 22.5. The van der Waals surface area contributed by atoms with Crippen molar-refractivity contribution in [1.82, 2.24) is 10.6 Å². The van der Waals surface area contributed by atoms with Crippen LogP contribution in [0.25, 0.3) is 5.70 Å². The van der Waals surface area contributed by atoms with Crippen LogP contribution in [0.5, 0.6) is 17.2 Å². The Labute approximate surface area is 193 Å².